The smallest absolute Gasteiger partial charge is 0.250 e. The van der Waals surface area contributed by atoms with Crippen molar-refractivity contribution in [2.75, 3.05) is 0 Å². The van der Waals surface area contributed by atoms with Crippen LogP contribution in [0.4, 0.5) is 0 Å². The first-order valence-electron chi connectivity index (χ1n) is 17.8. The molecular formula is C43H44N6O2. The number of nitrogens with two attached hydrogens (primary N) is 2. The lowest BCUT2D eigenvalue weighted by molar-refractivity contribution is -0.125. The van der Waals surface area contributed by atoms with Gasteiger partial charge in [0.05, 0.1) is 5.69 Å². The number of Topliss-reactive ketones (excluding diaryl/α,β-unsaturated/α-hetero) is 1. The summed E-state index contributed by atoms with van der Waals surface area (Å²) < 4.78 is 0. The number of rotatable bonds is 13. The Hall–Kier alpha value is -5.28. The zero-order valence-corrected chi connectivity index (χ0v) is 28.7. The molecule has 7 rings (SSSR count). The van der Waals surface area contributed by atoms with Gasteiger partial charge in [-0.05, 0) is 88.5 Å². The van der Waals surface area contributed by atoms with Crippen LogP contribution in [0.3, 0.4) is 0 Å². The van der Waals surface area contributed by atoms with Crippen molar-refractivity contribution in [1.29, 1.82) is 0 Å². The molecule has 1 aliphatic carbocycles. The second-order valence-corrected chi connectivity index (χ2v) is 13.6. The van der Waals surface area contributed by atoms with E-state index >= 15 is 0 Å². The van der Waals surface area contributed by atoms with Crippen LogP contribution in [-0.4, -0.2) is 33.2 Å². The summed E-state index contributed by atoms with van der Waals surface area (Å²) in [6, 6.07) is 34.5. The Balaban J connectivity index is 1.18. The number of nitrogens with one attached hydrogen (secondary N) is 2. The van der Waals surface area contributed by atoms with Crippen LogP contribution < -0.4 is 22.1 Å². The van der Waals surface area contributed by atoms with Crippen LogP contribution in [0.2, 0.25) is 0 Å². The molecule has 1 amide bonds. The monoisotopic (exact) mass is 676 g/mol. The normalized spacial score (nSPS) is 15.9. The van der Waals surface area contributed by atoms with Crippen LogP contribution in [0.1, 0.15) is 70.0 Å². The lowest BCUT2D eigenvalue weighted by Crippen LogP contribution is -2.69. The minimum absolute atomic E-state index is 0.192. The van der Waals surface area contributed by atoms with Crippen molar-refractivity contribution in [3.8, 4) is 0 Å². The molecule has 8 nitrogen and oxygen atoms in total. The van der Waals surface area contributed by atoms with Crippen LogP contribution in [0.15, 0.2) is 122 Å². The Morgan fingerprint density at radius 2 is 1.51 bits per heavy atom. The summed E-state index contributed by atoms with van der Waals surface area (Å²) in [4.78, 5) is 38.3. The number of carbonyl (C=O) groups is 2. The Morgan fingerprint density at radius 1 is 0.765 bits per heavy atom. The first-order valence-corrected chi connectivity index (χ1v) is 17.8. The molecule has 51 heavy (non-hydrogen) atoms. The molecule has 1 unspecified atom stereocenters. The van der Waals surface area contributed by atoms with E-state index in [9.17, 15) is 9.59 Å². The van der Waals surface area contributed by atoms with Crippen molar-refractivity contribution in [2.24, 2.45) is 11.5 Å². The second kappa shape index (κ2) is 15.3. The SMILES string of the molecule is NC(CC[C@@H]1CCCc2cccnc21)[C@@](N)(C(=O)NCc1cccc2ccccc12)C(=O)c1ccc(CNCc2ccccn2)c2ccccc12. The zero-order chi connectivity index (χ0) is 35.2. The fraction of sp³-hybridized carbons (Fsp3) is 0.256. The van der Waals surface area contributed by atoms with Gasteiger partial charge in [0.25, 0.3) is 0 Å². The molecule has 0 aliphatic heterocycles. The molecule has 0 fully saturated rings. The summed E-state index contributed by atoms with van der Waals surface area (Å²) in [6.45, 7) is 1.39. The Bertz CT molecular complexity index is 2160. The lowest BCUT2D eigenvalue weighted by Gasteiger charge is -2.34. The van der Waals surface area contributed by atoms with Gasteiger partial charge in [0.1, 0.15) is 0 Å². The molecule has 0 radical (unpaired) electrons. The number of aromatic nitrogens is 2. The van der Waals surface area contributed by atoms with Crippen molar-refractivity contribution < 1.29 is 9.59 Å². The van der Waals surface area contributed by atoms with Gasteiger partial charge in [-0.2, -0.15) is 0 Å². The van der Waals surface area contributed by atoms with Crippen molar-refractivity contribution in [3.63, 3.8) is 0 Å². The fourth-order valence-electron chi connectivity index (χ4n) is 7.57. The number of benzene rings is 4. The van der Waals surface area contributed by atoms with Gasteiger partial charge in [0, 0.05) is 55.2 Å². The molecule has 0 saturated carbocycles. The highest BCUT2D eigenvalue weighted by Crippen LogP contribution is 2.35. The standard InChI is InChI=1S/C43H44N6O2/c44-39(23-21-31-13-8-12-30-15-9-25-48-40(30)31)43(45,42(51)49-27-32-14-7-11-29-10-1-2-17-35(29)32)41(50)38-22-20-33(36-18-3-4-19-37(36)38)26-46-28-34-16-5-6-24-47-34/h1-7,9-11,14-20,22,24-25,31,39,46H,8,12-13,21,23,26-28,44-45H2,(H,49,51)/t31-,39?,43-/m0/s1. The summed E-state index contributed by atoms with van der Waals surface area (Å²) >= 11 is 0. The molecule has 6 aromatic rings. The molecular weight excluding hydrogens is 633 g/mol. The van der Waals surface area contributed by atoms with Gasteiger partial charge in [-0.3, -0.25) is 19.6 Å². The number of carbonyl (C=O) groups excluding carboxylic acids is 2. The molecule has 0 saturated heterocycles. The lowest BCUT2D eigenvalue weighted by atomic mass is 9.76. The average Bonchev–Trinajstić information content (AvgIpc) is 3.18. The summed E-state index contributed by atoms with van der Waals surface area (Å²) in [5.74, 6) is -0.880. The number of hydrogen-bond donors (Lipinski definition) is 4. The highest BCUT2D eigenvalue weighted by molar-refractivity contribution is 6.23. The molecule has 0 bridgehead atoms. The highest BCUT2D eigenvalue weighted by atomic mass is 16.2. The van der Waals surface area contributed by atoms with E-state index < -0.39 is 23.3 Å². The Labute approximate surface area is 298 Å². The van der Waals surface area contributed by atoms with Gasteiger partial charge < -0.3 is 22.1 Å². The third kappa shape index (κ3) is 7.17. The van der Waals surface area contributed by atoms with Crippen LogP contribution in [-0.2, 0) is 30.8 Å². The van der Waals surface area contributed by atoms with Gasteiger partial charge in [-0.25, -0.2) is 0 Å². The van der Waals surface area contributed by atoms with E-state index in [0.29, 0.717) is 31.5 Å². The predicted octanol–water partition coefficient (Wildman–Crippen LogP) is 6.50. The Kier molecular flexibility index (Phi) is 10.3. The molecule has 258 valence electrons. The average molecular weight is 677 g/mol. The van der Waals surface area contributed by atoms with E-state index in [0.717, 1.165) is 63.3 Å². The summed E-state index contributed by atoms with van der Waals surface area (Å²) in [7, 11) is 0. The van der Waals surface area contributed by atoms with Gasteiger partial charge in [0.15, 0.2) is 11.3 Å². The topological polar surface area (TPSA) is 136 Å². The maximum absolute atomic E-state index is 14.8. The number of pyridine rings is 2. The van der Waals surface area contributed by atoms with Crippen molar-refractivity contribution >= 4 is 33.2 Å². The highest BCUT2D eigenvalue weighted by Gasteiger charge is 2.48. The number of nitrogens with zero attached hydrogens (tertiary/aromatic N) is 2. The predicted molar refractivity (Wildman–Crippen MR) is 203 cm³/mol. The maximum Gasteiger partial charge on any atom is 0.250 e. The zero-order valence-electron chi connectivity index (χ0n) is 28.7. The fourth-order valence-corrected chi connectivity index (χ4v) is 7.57. The largest absolute Gasteiger partial charge is 0.350 e. The quantitative estimate of drug-likeness (QED) is 0.0811. The van der Waals surface area contributed by atoms with E-state index in [1.807, 2.05) is 103 Å². The minimum atomic E-state index is -2.02. The van der Waals surface area contributed by atoms with Crippen LogP contribution >= 0.6 is 0 Å². The molecule has 6 N–H and O–H groups in total. The van der Waals surface area contributed by atoms with E-state index in [1.54, 1.807) is 12.3 Å². The number of fused-ring (bicyclic) bond motifs is 3. The van der Waals surface area contributed by atoms with Crippen molar-refractivity contribution in [1.82, 2.24) is 20.6 Å². The molecule has 0 spiro atoms. The summed E-state index contributed by atoms with van der Waals surface area (Å²) in [5, 5.41) is 10.2. The number of amides is 1. The molecule has 1 aliphatic rings. The van der Waals surface area contributed by atoms with Gasteiger partial charge in [0.2, 0.25) is 5.91 Å². The molecule has 4 aromatic carbocycles. The van der Waals surface area contributed by atoms with Crippen molar-refractivity contribution in [3.05, 3.63) is 155 Å². The number of aryl methyl sites for hydroxylation is 1. The summed E-state index contributed by atoms with van der Waals surface area (Å²) in [6.07, 6.45) is 7.72. The third-order valence-electron chi connectivity index (χ3n) is 10.4. The van der Waals surface area contributed by atoms with Gasteiger partial charge in [-0.1, -0.05) is 91.0 Å². The van der Waals surface area contributed by atoms with E-state index in [4.69, 9.17) is 16.5 Å². The second-order valence-electron chi connectivity index (χ2n) is 13.6. The van der Waals surface area contributed by atoms with E-state index in [1.165, 1.54) is 5.56 Å². The molecule has 3 atom stereocenters. The first-order chi connectivity index (χ1) is 24.9. The minimum Gasteiger partial charge on any atom is -0.350 e. The van der Waals surface area contributed by atoms with E-state index in [2.05, 4.69) is 21.7 Å². The summed E-state index contributed by atoms with van der Waals surface area (Å²) in [5.41, 5.74) is 17.6. The molecule has 2 aromatic heterocycles. The molecule has 2 heterocycles. The Morgan fingerprint density at radius 3 is 2.35 bits per heavy atom. The van der Waals surface area contributed by atoms with Gasteiger partial charge >= 0.3 is 0 Å². The van der Waals surface area contributed by atoms with Crippen LogP contribution in [0.5, 0.6) is 0 Å². The molecule has 8 heteroatoms. The first kappa shape index (κ1) is 34.2. The number of ketones is 1. The van der Waals surface area contributed by atoms with Gasteiger partial charge in [-0.15, -0.1) is 0 Å². The van der Waals surface area contributed by atoms with Crippen LogP contribution in [0, 0.1) is 0 Å². The maximum atomic E-state index is 14.8. The van der Waals surface area contributed by atoms with Crippen molar-refractivity contribution in [2.45, 2.75) is 69.2 Å². The van der Waals surface area contributed by atoms with E-state index in [-0.39, 0.29) is 12.5 Å². The number of hydrogen-bond acceptors (Lipinski definition) is 7. The third-order valence-corrected chi connectivity index (χ3v) is 10.4. The van der Waals surface area contributed by atoms with Crippen LogP contribution in [0.25, 0.3) is 21.5 Å².